The Morgan fingerprint density at radius 1 is 1.04 bits per heavy atom. The highest BCUT2D eigenvalue weighted by molar-refractivity contribution is 5.66. The van der Waals surface area contributed by atoms with Crippen LogP contribution in [0, 0.1) is 46.8 Å². The third kappa shape index (κ3) is 3.22. The first-order valence-electron chi connectivity index (χ1n) is 11.5. The van der Waals surface area contributed by atoms with Crippen LogP contribution in [0.5, 0.6) is 0 Å². The second-order valence-corrected chi connectivity index (χ2v) is 10.8. The molecule has 5 heteroatoms. The maximum atomic E-state index is 11.4. The van der Waals surface area contributed by atoms with E-state index >= 15 is 0 Å². The first-order valence-corrected chi connectivity index (χ1v) is 11.5. The molecule has 0 aliphatic heterocycles. The van der Waals surface area contributed by atoms with Gasteiger partial charge in [0.15, 0.2) is 0 Å². The molecule has 4 saturated carbocycles. The summed E-state index contributed by atoms with van der Waals surface area (Å²) in [5.74, 6) is 1.71. The zero-order valence-corrected chi connectivity index (χ0v) is 17.3. The Morgan fingerprint density at radius 3 is 2.50 bits per heavy atom. The van der Waals surface area contributed by atoms with Crippen molar-refractivity contribution in [3.05, 3.63) is 0 Å². The molecule has 4 aliphatic rings. The molecule has 0 spiro atoms. The minimum Gasteiger partial charge on any atom is -0.481 e. The van der Waals surface area contributed by atoms with Crippen molar-refractivity contribution in [2.45, 2.75) is 89.9 Å². The molecule has 0 radical (unpaired) electrons. The van der Waals surface area contributed by atoms with Crippen LogP contribution in [0.25, 0.3) is 0 Å². The first-order chi connectivity index (χ1) is 13.2. The second-order valence-electron chi connectivity index (χ2n) is 10.8. The highest BCUT2D eigenvalue weighted by Gasteiger charge is 2.63. The highest BCUT2D eigenvalue weighted by atomic mass is 16.4. The molecule has 0 heterocycles. The molecule has 0 amide bonds. The fourth-order valence-electron chi connectivity index (χ4n) is 8.35. The summed E-state index contributed by atoms with van der Waals surface area (Å²) in [5, 5.41) is 41.7. The Bertz CT molecular complexity index is 594. The summed E-state index contributed by atoms with van der Waals surface area (Å²) >= 11 is 0. The Morgan fingerprint density at radius 2 is 1.79 bits per heavy atom. The number of carboxylic acids is 1. The average molecular weight is 395 g/mol. The molecule has 28 heavy (non-hydrogen) atoms. The summed E-state index contributed by atoms with van der Waals surface area (Å²) in [7, 11) is 0. The van der Waals surface area contributed by atoms with Gasteiger partial charge in [0.05, 0.1) is 18.3 Å². The van der Waals surface area contributed by atoms with Crippen LogP contribution in [-0.4, -0.2) is 44.7 Å². The maximum Gasteiger partial charge on any atom is 0.303 e. The number of fused-ring (bicyclic) bond motifs is 5. The molecular weight excluding hydrogens is 356 g/mol. The Hall–Kier alpha value is -0.650. The first kappa shape index (κ1) is 20.6. The fraction of sp³-hybridized carbons (Fsp3) is 0.957. The summed E-state index contributed by atoms with van der Waals surface area (Å²) in [4.78, 5) is 11.0. The fourth-order valence-corrected chi connectivity index (χ4v) is 8.35. The van der Waals surface area contributed by atoms with Crippen molar-refractivity contribution in [3.63, 3.8) is 0 Å². The van der Waals surface area contributed by atoms with Crippen molar-refractivity contribution in [1.82, 2.24) is 0 Å². The number of carboxylic acid groups (broad SMARTS) is 1. The summed E-state index contributed by atoms with van der Waals surface area (Å²) in [6.45, 7) is 4.37. The molecule has 6 unspecified atom stereocenters. The van der Waals surface area contributed by atoms with E-state index in [2.05, 4.69) is 13.8 Å². The number of aliphatic carboxylic acids is 1. The molecule has 4 rings (SSSR count). The van der Waals surface area contributed by atoms with Gasteiger partial charge in [0.25, 0.3) is 0 Å². The quantitative estimate of drug-likeness (QED) is 0.587. The summed E-state index contributed by atoms with van der Waals surface area (Å²) in [5.41, 5.74) is -0.221. The molecule has 0 saturated heterocycles. The van der Waals surface area contributed by atoms with Gasteiger partial charge in [-0.15, -0.1) is 0 Å². The van der Waals surface area contributed by atoms with Crippen molar-refractivity contribution < 1.29 is 25.2 Å². The van der Waals surface area contributed by atoms with Crippen LogP contribution in [0.2, 0.25) is 0 Å². The number of carbonyl (C=O) groups is 1. The van der Waals surface area contributed by atoms with E-state index < -0.39 is 5.97 Å². The molecule has 0 aromatic rings. The molecule has 4 fully saturated rings. The van der Waals surface area contributed by atoms with E-state index in [9.17, 15) is 20.1 Å². The molecule has 0 aromatic heterocycles. The predicted molar refractivity (Wildman–Crippen MR) is 105 cm³/mol. The van der Waals surface area contributed by atoms with Crippen molar-refractivity contribution in [2.24, 2.45) is 46.8 Å². The number of hydrogen-bond donors (Lipinski definition) is 4. The molecule has 160 valence electrons. The Balaban J connectivity index is 1.56. The van der Waals surface area contributed by atoms with Gasteiger partial charge in [-0.2, -0.15) is 0 Å². The van der Waals surface area contributed by atoms with Crippen LogP contribution in [0.3, 0.4) is 0 Å². The zero-order chi connectivity index (χ0) is 20.2. The van der Waals surface area contributed by atoms with Gasteiger partial charge in [-0.05, 0) is 98.2 Å². The lowest BCUT2D eigenvalue weighted by molar-refractivity contribution is -0.179. The molecular formula is C23H38O5. The van der Waals surface area contributed by atoms with E-state index in [1.807, 2.05) is 0 Å². The maximum absolute atomic E-state index is 11.4. The summed E-state index contributed by atoms with van der Waals surface area (Å²) < 4.78 is 0. The normalized spacial score (nSPS) is 51.7. The smallest absolute Gasteiger partial charge is 0.303 e. The summed E-state index contributed by atoms with van der Waals surface area (Å²) in [6.07, 6.45) is 6.21. The molecule has 0 bridgehead atoms. The van der Waals surface area contributed by atoms with Crippen molar-refractivity contribution >= 4 is 5.97 Å². The Kier molecular flexibility index (Phi) is 5.56. The van der Waals surface area contributed by atoms with Crippen LogP contribution in [-0.2, 0) is 4.79 Å². The van der Waals surface area contributed by atoms with Gasteiger partial charge < -0.3 is 20.4 Å². The lowest BCUT2D eigenvalue weighted by atomic mass is 9.47. The van der Waals surface area contributed by atoms with Crippen molar-refractivity contribution in [2.75, 3.05) is 0 Å². The van der Waals surface area contributed by atoms with Crippen molar-refractivity contribution in [1.29, 1.82) is 0 Å². The van der Waals surface area contributed by atoms with Crippen LogP contribution in [0.4, 0.5) is 0 Å². The monoisotopic (exact) mass is 394 g/mol. The van der Waals surface area contributed by atoms with E-state index in [1.54, 1.807) is 0 Å². The van der Waals surface area contributed by atoms with Gasteiger partial charge in [-0.3, -0.25) is 4.79 Å². The third-order valence-corrected chi connectivity index (χ3v) is 9.61. The standard InChI is InChI=1S/C23H38O5/c1-12(3-8-21(27)28)17-6-7-18-22-16(11-20(26)23(17,18)2)15-5-4-14(24)9-13(15)10-19(22)25/h12-20,22,24-26H,3-11H2,1-2H3,(H,27,28)/t12-,13?,14-,15?,16?,17?,18?,19-,20+,22?,23-/m1/s1. The molecule has 5 nitrogen and oxygen atoms in total. The third-order valence-electron chi connectivity index (χ3n) is 9.61. The molecule has 4 N–H and O–H groups in total. The molecule has 11 atom stereocenters. The summed E-state index contributed by atoms with van der Waals surface area (Å²) in [6, 6.07) is 0. The molecule has 4 aliphatic carbocycles. The number of aliphatic hydroxyl groups excluding tert-OH is 3. The van der Waals surface area contributed by atoms with Gasteiger partial charge in [0.1, 0.15) is 0 Å². The largest absolute Gasteiger partial charge is 0.481 e. The predicted octanol–water partition coefficient (Wildman–Crippen LogP) is 3.06. The van der Waals surface area contributed by atoms with Gasteiger partial charge in [-0.1, -0.05) is 13.8 Å². The van der Waals surface area contributed by atoms with E-state index in [-0.39, 0.29) is 42.0 Å². The minimum absolute atomic E-state index is 0.190. The number of aliphatic hydroxyl groups is 3. The van der Waals surface area contributed by atoms with E-state index in [1.165, 1.54) is 0 Å². The SMILES string of the molecule is C[C@H](CCC(=O)O)C1CCC2C3C(C[C@H](O)[C@@]21C)C1CC[C@@H](O)CC1C[C@H]3O. The van der Waals surface area contributed by atoms with E-state index in [0.717, 1.165) is 44.9 Å². The van der Waals surface area contributed by atoms with Gasteiger partial charge in [0.2, 0.25) is 0 Å². The Labute approximate surface area is 168 Å². The topological polar surface area (TPSA) is 98.0 Å². The minimum atomic E-state index is -0.746. The highest BCUT2D eigenvalue weighted by Crippen LogP contribution is 2.65. The molecule has 0 aromatic carbocycles. The van der Waals surface area contributed by atoms with Crippen LogP contribution < -0.4 is 0 Å². The van der Waals surface area contributed by atoms with Gasteiger partial charge >= 0.3 is 5.97 Å². The zero-order valence-electron chi connectivity index (χ0n) is 17.3. The van der Waals surface area contributed by atoms with Gasteiger partial charge in [-0.25, -0.2) is 0 Å². The second kappa shape index (κ2) is 7.55. The van der Waals surface area contributed by atoms with Crippen molar-refractivity contribution in [3.8, 4) is 0 Å². The number of hydrogen-bond acceptors (Lipinski definition) is 4. The number of rotatable bonds is 4. The van der Waals surface area contributed by atoms with E-state index in [0.29, 0.717) is 36.0 Å². The van der Waals surface area contributed by atoms with Crippen LogP contribution >= 0.6 is 0 Å². The lowest BCUT2D eigenvalue weighted by Gasteiger charge is -2.59. The van der Waals surface area contributed by atoms with Gasteiger partial charge in [0, 0.05) is 6.42 Å². The van der Waals surface area contributed by atoms with Crippen LogP contribution in [0.1, 0.15) is 71.6 Å². The van der Waals surface area contributed by atoms with Crippen LogP contribution in [0.15, 0.2) is 0 Å². The lowest BCUT2D eigenvalue weighted by Crippen LogP contribution is -2.59. The average Bonchev–Trinajstić information content (AvgIpc) is 2.98. The van der Waals surface area contributed by atoms with E-state index in [4.69, 9.17) is 5.11 Å².